The molecular weight excluding hydrogens is 354 g/mol. The number of anilines is 1. The van der Waals surface area contributed by atoms with Gasteiger partial charge >= 0.3 is 5.97 Å². The molecule has 0 saturated carbocycles. The summed E-state index contributed by atoms with van der Waals surface area (Å²) in [5.41, 5.74) is 1.66. The number of methoxy groups -OCH3 is 1. The number of nitrogens with zero attached hydrogens (tertiary/aromatic N) is 2. The molecule has 1 amide bonds. The van der Waals surface area contributed by atoms with Crippen LogP contribution in [0.2, 0.25) is 0 Å². The smallest absolute Gasteiger partial charge is 0.357 e. The number of rotatable bonds is 7. The molecule has 0 atom stereocenters. The van der Waals surface area contributed by atoms with Crippen molar-refractivity contribution in [3.8, 4) is 0 Å². The Bertz CT molecular complexity index is 932. The molecule has 0 bridgehead atoms. The Morgan fingerprint density at radius 2 is 2.12 bits per heavy atom. The molecule has 3 rings (SSSR count). The number of para-hydroxylation sites is 1. The zero-order valence-corrected chi connectivity index (χ0v) is 15.3. The Kier molecular flexibility index (Phi) is 5.65. The first-order valence-corrected chi connectivity index (χ1v) is 9.03. The van der Waals surface area contributed by atoms with E-state index in [1.54, 1.807) is 19.4 Å². The van der Waals surface area contributed by atoms with Crippen LogP contribution in [0.1, 0.15) is 27.9 Å². The maximum absolute atomic E-state index is 12.8. The van der Waals surface area contributed by atoms with E-state index in [-0.39, 0.29) is 18.2 Å². The van der Waals surface area contributed by atoms with Gasteiger partial charge in [-0.1, -0.05) is 18.2 Å². The maximum Gasteiger partial charge on any atom is 0.357 e. The van der Waals surface area contributed by atoms with Crippen LogP contribution in [-0.2, 0) is 16.0 Å². The predicted molar refractivity (Wildman–Crippen MR) is 99.8 cm³/mol. The fourth-order valence-electron chi connectivity index (χ4n) is 2.61. The molecule has 0 saturated heterocycles. The molecular formula is C18H19N3O4S. The number of hydrogen-bond acceptors (Lipinski definition) is 6. The van der Waals surface area contributed by atoms with E-state index < -0.39 is 5.97 Å². The second-order valence-corrected chi connectivity index (χ2v) is 6.30. The molecule has 0 unspecified atom stereocenters. The second-order valence-electron chi connectivity index (χ2n) is 5.45. The summed E-state index contributed by atoms with van der Waals surface area (Å²) in [4.78, 5) is 28.6. The van der Waals surface area contributed by atoms with Crippen molar-refractivity contribution in [2.75, 3.05) is 25.6 Å². The molecule has 3 aromatic rings. The van der Waals surface area contributed by atoms with Gasteiger partial charge in [-0.15, -0.1) is 11.3 Å². The Balaban J connectivity index is 1.84. The number of hydrogen-bond donors (Lipinski definition) is 1. The Hall–Kier alpha value is -2.71. The molecule has 2 heterocycles. The lowest BCUT2D eigenvalue weighted by Gasteiger charge is -2.09. The van der Waals surface area contributed by atoms with Gasteiger partial charge in [0.15, 0.2) is 10.8 Å². The fraction of sp³-hybridized carbons (Fsp3) is 0.278. The van der Waals surface area contributed by atoms with Crippen molar-refractivity contribution in [2.24, 2.45) is 0 Å². The number of carbonyl (C=O) groups excluding carboxylic acids is 2. The van der Waals surface area contributed by atoms with E-state index in [0.717, 1.165) is 10.9 Å². The van der Waals surface area contributed by atoms with Gasteiger partial charge in [0.1, 0.15) is 5.69 Å². The highest BCUT2D eigenvalue weighted by atomic mass is 32.1. The lowest BCUT2D eigenvalue weighted by molar-refractivity contribution is 0.0520. The third-order valence-electron chi connectivity index (χ3n) is 3.77. The minimum Gasteiger partial charge on any atom is -0.461 e. The number of fused-ring (bicyclic) bond motifs is 1. The number of ether oxygens (including phenoxy) is 2. The Morgan fingerprint density at radius 3 is 2.88 bits per heavy atom. The van der Waals surface area contributed by atoms with Gasteiger partial charge in [-0.25, -0.2) is 9.78 Å². The number of aromatic nitrogens is 2. The van der Waals surface area contributed by atoms with E-state index in [1.807, 2.05) is 34.9 Å². The van der Waals surface area contributed by atoms with Crippen LogP contribution in [0.3, 0.4) is 0 Å². The van der Waals surface area contributed by atoms with E-state index >= 15 is 0 Å². The first kappa shape index (κ1) is 18.1. The minimum atomic E-state index is -0.501. The molecule has 0 spiro atoms. The van der Waals surface area contributed by atoms with Crippen LogP contribution in [0, 0.1) is 0 Å². The van der Waals surface area contributed by atoms with Gasteiger partial charge < -0.3 is 14.0 Å². The molecule has 26 heavy (non-hydrogen) atoms. The van der Waals surface area contributed by atoms with E-state index in [9.17, 15) is 9.59 Å². The number of esters is 1. The number of thiazole rings is 1. The van der Waals surface area contributed by atoms with Crippen molar-refractivity contribution in [3.63, 3.8) is 0 Å². The van der Waals surface area contributed by atoms with Crippen LogP contribution >= 0.6 is 11.3 Å². The summed E-state index contributed by atoms with van der Waals surface area (Å²) < 4.78 is 12.0. The van der Waals surface area contributed by atoms with Crippen LogP contribution in [0.4, 0.5) is 5.13 Å². The normalized spacial score (nSPS) is 10.8. The SMILES string of the molecule is CCOC(=O)c1csc(NC(=O)c2cc3ccccc3n2CCOC)n1. The highest BCUT2D eigenvalue weighted by Crippen LogP contribution is 2.22. The van der Waals surface area contributed by atoms with Crippen LogP contribution in [0.15, 0.2) is 35.7 Å². The first-order chi connectivity index (χ1) is 12.6. The molecule has 0 aliphatic heterocycles. The standard InChI is InChI=1S/C18H19N3O4S/c1-3-25-17(23)13-11-26-18(19-13)20-16(22)15-10-12-6-4-5-7-14(12)21(15)8-9-24-2/h4-7,10-11H,3,8-9H2,1-2H3,(H,19,20,22). The van der Waals surface area contributed by atoms with Crippen LogP contribution in [0.25, 0.3) is 10.9 Å². The summed E-state index contributed by atoms with van der Waals surface area (Å²) in [6.45, 7) is 3.05. The quantitative estimate of drug-likeness (QED) is 0.643. The summed E-state index contributed by atoms with van der Waals surface area (Å²) in [5, 5.41) is 5.64. The summed E-state index contributed by atoms with van der Waals surface area (Å²) in [6.07, 6.45) is 0. The van der Waals surface area contributed by atoms with Crippen LogP contribution in [-0.4, -0.2) is 41.8 Å². The average Bonchev–Trinajstić information content (AvgIpc) is 3.25. The molecule has 1 aromatic carbocycles. The molecule has 2 aromatic heterocycles. The van der Waals surface area contributed by atoms with Gasteiger partial charge in [0.05, 0.1) is 13.2 Å². The van der Waals surface area contributed by atoms with Gasteiger partial charge in [0.2, 0.25) is 0 Å². The van der Waals surface area contributed by atoms with Crippen LogP contribution < -0.4 is 5.32 Å². The predicted octanol–water partition coefficient (Wildman–Crippen LogP) is 3.17. The molecule has 0 radical (unpaired) electrons. The molecule has 0 aliphatic rings. The van der Waals surface area contributed by atoms with Crippen molar-refractivity contribution < 1.29 is 19.1 Å². The molecule has 7 nitrogen and oxygen atoms in total. The Morgan fingerprint density at radius 1 is 1.31 bits per heavy atom. The first-order valence-electron chi connectivity index (χ1n) is 8.15. The van der Waals surface area contributed by atoms with Gasteiger partial charge in [0.25, 0.3) is 5.91 Å². The molecule has 0 fully saturated rings. The van der Waals surface area contributed by atoms with Crippen molar-refractivity contribution >= 4 is 39.2 Å². The monoisotopic (exact) mass is 373 g/mol. The lowest BCUT2D eigenvalue weighted by Crippen LogP contribution is -2.18. The average molecular weight is 373 g/mol. The Labute approximate surface area is 154 Å². The van der Waals surface area contributed by atoms with Crippen molar-refractivity contribution in [3.05, 3.63) is 47.1 Å². The van der Waals surface area contributed by atoms with E-state index in [1.165, 1.54) is 11.3 Å². The zero-order chi connectivity index (χ0) is 18.5. The lowest BCUT2D eigenvalue weighted by atomic mass is 10.2. The van der Waals surface area contributed by atoms with E-state index in [0.29, 0.717) is 24.0 Å². The zero-order valence-electron chi connectivity index (χ0n) is 14.5. The molecule has 1 N–H and O–H groups in total. The van der Waals surface area contributed by atoms with Crippen molar-refractivity contribution in [2.45, 2.75) is 13.5 Å². The highest BCUT2D eigenvalue weighted by Gasteiger charge is 2.18. The topological polar surface area (TPSA) is 82.5 Å². The van der Waals surface area contributed by atoms with E-state index in [4.69, 9.17) is 9.47 Å². The summed E-state index contributed by atoms with van der Waals surface area (Å²) in [6, 6.07) is 9.61. The van der Waals surface area contributed by atoms with Crippen molar-refractivity contribution in [1.29, 1.82) is 0 Å². The summed E-state index contributed by atoms with van der Waals surface area (Å²) in [5.74, 6) is -0.791. The number of nitrogens with one attached hydrogen (secondary N) is 1. The van der Waals surface area contributed by atoms with Gasteiger partial charge in [-0.3, -0.25) is 10.1 Å². The molecule has 136 valence electrons. The minimum absolute atomic E-state index is 0.187. The molecule has 8 heteroatoms. The van der Waals surface area contributed by atoms with Crippen LogP contribution in [0.5, 0.6) is 0 Å². The van der Waals surface area contributed by atoms with Gasteiger partial charge in [-0.2, -0.15) is 0 Å². The number of amides is 1. The molecule has 0 aliphatic carbocycles. The maximum atomic E-state index is 12.8. The number of carbonyl (C=O) groups is 2. The fourth-order valence-corrected chi connectivity index (χ4v) is 3.29. The third kappa shape index (κ3) is 3.76. The second kappa shape index (κ2) is 8.11. The summed E-state index contributed by atoms with van der Waals surface area (Å²) >= 11 is 1.18. The number of benzene rings is 1. The van der Waals surface area contributed by atoms with Gasteiger partial charge in [0, 0.05) is 29.9 Å². The van der Waals surface area contributed by atoms with E-state index in [2.05, 4.69) is 10.3 Å². The largest absolute Gasteiger partial charge is 0.461 e. The summed E-state index contributed by atoms with van der Waals surface area (Å²) in [7, 11) is 1.62. The third-order valence-corrected chi connectivity index (χ3v) is 4.53. The van der Waals surface area contributed by atoms with Crippen molar-refractivity contribution in [1.82, 2.24) is 9.55 Å². The highest BCUT2D eigenvalue weighted by molar-refractivity contribution is 7.14. The van der Waals surface area contributed by atoms with Gasteiger partial charge in [-0.05, 0) is 19.1 Å².